The normalized spacial score (nSPS) is 12.3. The number of carbonyl (C=O) groups is 2. The first-order valence-corrected chi connectivity index (χ1v) is 21.9. The number of hydrogen-bond acceptors (Lipinski definition) is 5. The number of ether oxygens (including phenoxy) is 2. The van der Waals surface area contributed by atoms with Gasteiger partial charge >= 0.3 is 11.9 Å². The smallest absolute Gasteiger partial charge is 0.306 e. The van der Waals surface area contributed by atoms with Crippen molar-refractivity contribution in [3.63, 3.8) is 0 Å². The molecule has 0 saturated heterocycles. The largest absolute Gasteiger partial charge is 0.462 e. The molecule has 0 fully saturated rings. The Balaban J connectivity index is 3.50. The zero-order valence-corrected chi connectivity index (χ0v) is 33.4. The molecule has 0 aromatic carbocycles. The fourth-order valence-corrected chi connectivity index (χ4v) is 6.41. The van der Waals surface area contributed by atoms with Gasteiger partial charge in [-0.1, -0.05) is 199 Å². The number of carbonyl (C=O) groups excluding carboxylic acids is 2. The number of aliphatic hydroxyl groups is 1. The van der Waals surface area contributed by atoms with E-state index in [0.717, 1.165) is 44.9 Å². The molecule has 1 N–H and O–H groups in total. The van der Waals surface area contributed by atoms with Crippen LogP contribution in [0.3, 0.4) is 0 Å². The van der Waals surface area contributed by atoms with Gasteiger partial charge in [0, 0.05) is 12.8 Å². The molecule has 0 unspecified atom stereocenters. The van der Waals surface area contributed by atoms with Crippen molar-refractivity contribution in [2.75, 3.05) is 13.2 Å². The highest BCUT2D eigenvalue weighted by Crippen LogP contribution is 2.15. The highest BCUT2D eigenvalue weighted by molar-refractivity contribution is 5.70. The van der Waals surface area contributed by atoms with Crippen LogP contribution < -0.4 is 0 Å². The average Bonchev–Trinajstić information content (AvgIpc) is 3.12. The second-order valence-electron chi connectivity index (χ2n) is 14.8. The van der Waals surface area contributed by atoms with Crippen molar-refractivity contribution in [3.05, 3.63) is 24.3 Å². The fraction of sp³-hybridized carbons (Fsp3) is 0.867. The van der Waals surface area contributed by atoms with E-state index in [-0.39, 0.29) is 25.2 Å². The Morgan fingerprint density at radius 1 is 0.460 bits per heavy atom. The molecule has 0 heterocycles. The summed E-state index contributed by atoms with van der Waals surface area (Å²) in [4.78, 5) is 24.3. The Morgan fingerprint density at radius 2 is 0.800 bits per heavy atom. The van der Waals surface area contributed by atoms with E-state index in [4.69, 9.17) is 9.47 Å². The number of aliphatic hydroxyl groups excluding tert-OH is 1. The minimum absolute atomic E-state index is 0.0626. The van der Waals surface area contributed by atoms with E-state index >= 15 is 0 Å². The molecular formula is C45H84O5. The summed E-state index contributed by atoms with van der Waals surface area (Å²) in [6.07, 6.45) is 49.6. The van der Waals surface area contributed by atoms with E-state index < -0.39 is 6.10 Å². The zero-order chi connectivity index (χ0) is 36.4. The Morgan fingerprint density at radius 3 is 1.22 bits per heavy atom. The number of rotatable bonds is 40. The maximum absolute atomic E-state index is 12.2. The second-order valence-corrected chi connectivity index (χ2v) is 14.8. The molecule has 50 heavy (non-hydrogen) atoms. The first kappa shape index (κ1) is 48.4. The van der Waals surface area contributed by atoms with Crippen LogP contribution in [-0.4, -0.2) is 36.4 Å². The molecule has 1 atom stereocenters. The summed E-state index contributed by atoms with van der Waals surface area (Å²) >= 11 is 0. The van der Waals surface area contributed by atoms with Crippen molar-refractivity contribution in [3.8, 4) is 0 Å². The third-order valence-electron chi connectivity index (χ3n) is 9.75. The highest BCUT2D eigenvalue weighted by atomic mass is 16.6. The lowest BCUT2D eigenvalue weighted by molar-refractivity contribution is -0.161. The van der Waals surface area contributed by atoms with Crippen LogP contribution >= 0.6 is 0 Å². The van der Waals surface area contributed by atoms with Gasteiger partial charge in [-0.2, -0.15) is 0 Å². The molecule has 0 aliphatic rings. The van der Waals surface area contributed by atoms with Crippen LogP contribution in [0, 0.1) is 0 Å². The van der Waals surface area contributed by atoms with Crippen LogP contribution in [0.5, 0.6) is 0 Å². The molecule has 5 nitrogen and oxygen atoms in total. The van der Waals surface area contributed by atoms with Crippen LogP contribution in [0.25, 0.3) is 0 Å². The first-order chi connectivity index (χ1) is 24.6. The molecule has 0 rings (SSSR count). The van der Waals surface area contributed by atoms with Crippen molar-refractivity contribution in [2.24, 2.45) is 0 Å². The van der Waals surface area contributed by atoms with Gasteiger partial charge in [-0.15, -0.1) is 0 Å². The Hall–Kier alpha value is -1.62. The third kappa shape index (κ3) is 39.2. The Bertz CT molecular complexity index is 761. The lowest BCUT2D eigenvalue weighted by Crippen LogP contribution is -2.28. The van der Waals surface area contributed by atoms with Gasteiger partial charge in [-0.05, 0) is 44.9 Å². The summed E-state index contributed by atoms with van der Waals surface area (Å²) in [6, 6.07) is 0. The van der Waals surface area contributed by atoms with Crippen LogP contribution in [0.4, 0.5) is 0 Å². The molecule has 0 aliphatic carbocycles. The molecule has 0 aromatic heterocycles. The summed E-state index contributed by atoms with van der Waals surface area (Å²) < 4.78 is 10.6. The van der Waals surface area contributed by atoms with Crippen molar-refractivity contribution >= 4 is 11.9 Å². The quantitative estimate of drug-likeness (QED) is 0.0390. The van der Waals surface area contributed by atoms with Crippen molar-refractivity contribution in [1.29, 1.82) is 0 Å². The molecule has 0 saturated carbocycles. The van der Waals surface area contributed by atoms with Crippen LogP contribution in [0.1, 0.15) is 232 Å². The number of esters is 2. The number of allylic oxidation sites excluding steroid dienone is 4. The molecule has 0 aliphatic heterocycles. The van der Waals surface area contributed by atoms with E-state index in [1.54, 1.807) is 0 Å². The predicted octanol–water partition coefficient (Wildman–Crippen LogP) is 13.8. The molecule has 5 heteroatoms. The third-order valence-corrected chi connectivity index (χ3v) is 9.75. The van der Waals surface area contributed by atoms with E-state index in [0.29, 0.717) is 12.8 Å². The molecule has 0 bridgehead atoms. The lowest BCUT2D eigenvalue weighted by Gasteiger charge is -2.15. The van der Waals surface area contributed by atoms with E-state index in [1.165, 1.54) is 161 Å². The van der Waals surface area contributed by atoms with Gasteiger partial charge in [-0.25, -0.2) is 0 Å². The fourth-order valence-electron chi connectivity index (χ4n) is 6.41. The Labute approximate surface area is 311 Å². The van der Waals surface area contributed by atoms with Gasteiger partial charge in [-0.3, -0.25) is 9.59 Å². The Kier molecular flexibility index (Phi) is 40.4. The summed E-state index contributed by atoms with van der Waals surface area (Å²) in [7, 11) is 0. The van der Waals surface area contributed by atoms with Crippen LogP contribution in [-0.2, 0) is 19.1 Å². The summed E-state index contributed by atoms with van der Waals surface area (Å²) in [5, 5.41) is 9.58. The first-order valence-electron chi connectivity index (χ1n) is 21.9. The molecule has 0 spiro atoms. The number of hydrogen-bond donors (Lipinski definition) is 1. The molecular weight excluding hydrogens is 620 g/mol. The highest BCUT2D eigenvalue weighted by Gasteiger charge is 2.16. The van der Waals surface area contributed by atoms with Crippen molar-refractivity contribution < 1.29 is 24.2 Å². The topological polar surface area (TPSA) is 72.8 Å². The van der Waals surface area contributed by atoms with E-state index in [2.05, 4.69) is 38.2 Å². The molecule has 0 radical (unpaired) electrons. The lowest BCUT2D eigenvalue weighted by atomic mass is 10.0. The van der Waals surface area contributed by atoms with Gasteiger partial charge in [0.25, 0.3) is 0 Å². The minimum atomic E-state index is -0.769. The van der Waals surface area contributed by atoms with Crippen molar-refractivity contribution in [1.82, 2.24) is 0 Å². The second kappa shape index (κ2) is 41.8. The molecule has 294 valence electrons. The summed E-state index contributed by atoms with van der Waals surface area (Å²) in [5.41, 5.74) is 0. The zero-order valence-electron chi connectivity index (χ0n) is 33.4. The summed E-state index contributed by atoms with van der Waals surface area (Å²) in [6.45, 7) is 4.13. The van der Waals surface area contributed by atoms with Gasteiger partial charge in [0.1, 0.15) is 6.61 Å². The molecule has 0 aromatic rings. The van der Waals surface area contributed by atoms with Gasteiger partial charge in [0.05, 0.1) is 6.61 Å². The average molecular weight is 705 g/mol. The number of unbranched alkanes of at least 4 members (excludes halogenated alkanes) is 28. The standard InChI is InChI=1S/C45H84O5/c1-3-5-7-9-11-13-15-17-19-21-22-24-26-28-30-32-34-36-38-40-45(48)50-43(41-46)42-49-44(47)39-37-35-33-31-29-27-25-23-20-18-16-14-12-10-8-6-4-2/h11,13,17,19,43,46H,3-10,12,14-16,18,20-42H2,1-2H3/t43-/m0/s1. The van der Waals surface area contributed by atoms with Crippen molar-refractivity contribution in [2.45, 2.75) is 238 Å². The van der Waals surface area contributed by atoms with E-state index in [1.807, 2.05) is 0 Å². The predicted molar refractivity (Wildman–Crippen MR) is 215 cm³/mol. The van der Waals surface area contributed by atoms with Gasteiger partial charge < -0.3 is 14.6 Å². The van der Waals surface area contributed by atoms with Gasteiger partial charge in [0.15, 0.2) is 6.10 Å². The molecule has 0 amide bonds. The van der Waals surface area contributed by atoms with Gasteiger partial charge in [0.2, 0.25) is 0 Å². The van der Waals surface area contributed by atoms with E-state index in [9.17, 15) is 14.7 Å². The van der Waals surface area contributed by atoms with Crippen LogP contribution in [0.15, 0.2) is 24.3 Å². The maximum atomic E-state index is 12.2. The maximum Gasteiger partial charge on any atom is 0.306 e. The monoisotopic (exact) mass is 705 g/mol. The summed E-state index contributed by atoms with van der Waals surface area (Å²) in [5.74, 6) is -0.584. The van der Waals surface area contributed by atoms with Crippen LogP contribution in [0.2, 0.25) is 0 Å². The SMILES string of the molecule is CCCCCC=CCC=CCCCCCCCCCCCC(=O)O[C@@H](CO)COC(=O)CCCCCCCCCCCCCCCCCCC. The minimum Gasteiger partial charge on any atom is -0.462 e.